The van der Waals surface area contributed by atoms with E-state index < -0.39 is 0 Å². The fourth-order valence-corrected chi connectivity index (χ4v) is 2.41. The molecule has 0 amide bonds. The van der Waals surface area contributed by atoms with E-state index in [1.807, 2.05) is 24.3 Å². The first kappa shape index (κ1) is 16.7. The van der Waals surface area contributed by atoms with Gasteiger partial charge in [0, 0.05) is 11.4 Å². The van der Waals surface area contributed by atoms with E-state index >= 15 is 0 Å². The summed E-state index contributed by atoms with van der Waals surface area (Å²) < 4.78 is 0. The van der Waals surface area contributed by atoms with Gasteiger partial charge in [0.25, 0.3) is 0 Å². The Bertz CT molecular complexity index is 760. The summed E-state index contributed by atoms with van der Waals surface area (Å²) in [6.07, 6.45) is 2.01. The second-order valence-electron chi connectivity index (χ2n) is 5.69. The van der Waals surface area contributed by atoms with Crippen LogP contribution in [0.15, 0.2) is 48.5 Å². The number of benzene rings is 2. The molecule has 3 aromatic rings. The third-order valence-electron chi connectivity index (χ3n) is 3.89. The molecular weight excluding hydrogens is 312 g/mol. The number of nitrogens with two attached hydrogens (primary N) is 1. The van der Waals surface area contributed by atoms with Gasteiger partial charge in [-0.2, -0.15) is 15.0 Å². The number of anilines is 5. The number of aromatic nitrogens is 3. The first-order valence-corrected chi connectivity index (χ1v) is 8.39. The van der Waals surface area contributed by atoms with Gasteiger partial charge in [0.15, 0.2) is 0 Å². The number of hydrogen-bond acceptors (Lipinski definition) is 6. The van der Waals surface area contributed by atoms with Crippen LogP contribution in [-0.2, 0) is 12.8 Å². The molecular formula is C19H22N6. The Morgan fingerprint density at radius 3 is 1.44 bits per heavy atom. The smallest absolute Gasteiger partial charge is 0.233 e. The van der Waals surface area contributed by atoms with Gasteiger partial charge in [-0.3, -0.25) is 0 Å². The van der Waals surface area contributed by atoms with Crippen molar-refractivity contribution in [1.29, 1.82) is 0 Å². The van der Waals surface area contributed by atoms with Crippen molar-refractivity contribution in [3.8, 4) is 0 Å². The van der Waals surface area contributed by atoms with Crippen LogP contribution >= 0.6 is 0 Å². The van der Waals surface area contributed by atoms with Crippen LogP contribution in [0.25, 0.3) is 0 Å². The summed E-state index contributed by atoms with van der Waals surface area (Å²) in [6.45, 7) is 4.25. The van der Waals surface area contributed by atoms with Gasteiger partial charge in [0.2, 0.25) is 17.8 Å². The molecule has 0 atom stereocenters. The third kappa shape index (κ3) is 4.44. The molecule has 1 heterocycles. The lowest BCUT2D eigenvalue weighted by atomic mass is 10.1. The predicted molar refractivity (Wildman–Crippen MR) is 102 cm³/mol. The minimum absolute atomic E-state index is 0.162. The van der Waals surface area contributed by atoms with Gasteiger partial charge in [-0.25, -0.2) is 0 Å². The maximum Gasteiger partial charge on any atom is 0.233 e. The summed E-state index contributed by atoms with van der Waals surface area (Å²) in [4.78, 5) is 12.7. The Hall–Kier alpha value is -3.15. The van der Waals surface area contributed by atoms with Crippen molar-refractivity contribution in [2.75, 3.05) is 16.4 Å². The average Bonchev–Trinajstić information content (AvgIpc) is 2.62. The highest BCUT2D eigenvalue weighted by Gasteiger charge is 2.06. The molecule has 0 aliphatic heterocycles. The van der Waals surface area contributed by atoms with E-state index in [0.29, 0.717) is 11.9 Å². The van der Waals surface area contributed by atoms with Crippen LogP contribution in [0, 0.1) is 0 Å². The van der Waals surface area contributed by atoms with Crippen LogP contribution in [0.3, 0.4) is 0 Å². The van der Waals surface area contributed by atoms with Gasteiger partial charge < -0.3 is 16.4 Å². The van der Waals surface area contributed by atoms with Crippen LogP contribution in [0.2, 0.25) is 0 Å². The lowest BCUT2D eigenvalue weighted by Gasteiger charge is -2.09. The Morgan fingerprint density at radius 1 is 0.680 bits per heavy atom. The largest absolute Gasteiger partial charge is 0.368 e. The van der Waals surface area contributed by atoms with E-state index in [0.717, 1.165) is 24.2 Å². The molecule has 0 unspecified atom stereocenters. The molecule has 2 aromatic carbocycles. The number of nitrogens with zero attached hydrogens (tertiary/aromatic N) is 3. The van der Waals surface area contributed by atoms with E-state index in [-0.39, 0.29) is 5.95 Å². The highest BCUT2D eigenvalue weighted by Crippen LogP contribution is 2.19. The molecule has 0 saturated carbocycles. The molecule has 1 aromatic heterocycles. The van der Waals surface area contributed by atoms with Crippen molar-refractivity contribution in [1.82, 2.24) is 15.0 Å². The quantitative estimate of drug-likeness (QED) is 0.630. The summed E-state index contributed by atoms with van der Waals surface area (Å²) in [6, 6.07) is 16.3. The first-order valence-electron chi connectivity index (χ1n) is 8.39. The van der Waals surface area contributed by atoms with Crippen LogP contribution in [0.4, 0.5) is 29.2 Å². The zero-order chi connectivity index (χ0) is 17.6. The summed E-state index contributed by atoms with van der Waals surface area (Å²) in [5.41, 5.74) is 10.2. The molecule has 25 heavy (non-hydrogen) atoms. The van der Waals surface area contributed by atoms with Crippen molar-refractivity contribution >= 4 is 29.2 Å². The standard InChI is InChI=1S/C19H22N6/c1-3-13-5-9-15(10-6-13)21-18-23-17(20)24-19(25-18)22-16-11-7-14(4-2)8-12-16/h5-12H,3-4H2,1-2H3,(H4,20,21,22,23,24,25). The number of nitrogens with one attached hydrogen (secondary N) is 2. The maximum atomic E-state index is 5.82. The van der Waals surface area contributed by atoms with Crippen molar-refractivity contribution < 1.29 is 0 Å². The average molecular weight is 334 g/mol. The Balaban J connectivity index is 1.76. The van der Waals surface area contributed by atoms with Gasteiger partial charge in [0.1, 0.15) is 0 Å². The topological polar surface area (TPSA) is 88.8 Å². The van der Waals surface area contributed by atoms with Crippen LogP contribution in [0.1, 0.15) is 25.0 Å². The summed E-state index contributed by atoms with van der Waals surface area (Å²) in [5.74, 6) is 0.976. The lowest BCUT2D eigenvalue weighted by Crippen LogP contribution is -2.07. The van der Waals surface area contributed by atoms with Crippen molar-refractivity contribution in [3.63, 3.8) is 0 Å². The fourth-order valence-electron chi connectivity index (χ4n) is 2.41. The number of rotatable bonds is 6. The Kier molecular flexibility index (Phi) is 5.09. The second-order valence-corrected chi connectivity index (χ2v) is 5.69. The summed E-state index contributed by atoms with van der Waals surface area (Å²) in [5, 5.41) is 6.32. The third-order valence-corrected chi connectivity index (χ3v) is 3.89. The number of hydrogen-bond donors (Lipinski definition) is 3. The molecule has 0 fully saturated rings. The summed E-state index contributed by atoms with van der Waals surface area (Å²) in [7, 11) is 0. The SMILES string of the molecule is CCc1ccc(Nc2nc(N)nc(Nc3ccc(CC)cc3)n2)cc1. The number of aryl methyl sites for hydroxylation is 2. The van der Waals surface area contributed by atoms with Crippen LogP contribution < -0.4 is 16.4 Å². The monoisotopic (exact) mass is 334 g/mol. The van der Waals surface area contributed by atoms with Crippen molar-refractivity contribution in [2.45, 2.75) is 26.7 Å². The fraction of sp³-hybridized carbons (Fsp3) is 0.211. The molecule has 6 heteroatoms. The van der Waals surface area contributed by atoms with Crippen LogP contribution in [-0.4, -0.2) is 15.0 Å². The molecule has 3 rings (SSSR count). The molecule has 0 spiro atoms. The molecule has 0 bridgehead atoms. The van der Waals surface area contributed by atoms with Gasteiger partial charge in [0.05, 0.1) is 0 Å². The van der Waals surface area contributed by atoms with E-state index in [1.165, 1.54) is 11.1 Å². The van der Waals surface area contributed by atoms with Crippen molar-refractivity contribution in [3.05, 3.63) is 59.7 Å². The predicted octanol–water partition coefficient (Wildman–Crippen LogP) is 4.07. The molecule has 0 aliphatic carbocycles. The molecule has 128 valence electrons. The lowest BCUT2D eigenvalue weighted by molar-refractivity contribution is 1.07. The molecule has 0 aliphatic rings. The maximum absolute atomic E-state index is 5.82. The second kappa shape index (κ2) is 7.61. The minimum Gasteiger partial charge on any atom is -0.368 e. The van der Waals surface area contributed by atoms with Gasteiger partial charge in [-0.1, -0.05) is 38.1 Å². The van der Waals surface area contributed by atoms with E-state index in [2.05, 4.69) is 63.7 Å². The zero-order valence-corrected chi connectivity index (χ0v) is 14.5. The van der Waals surface area contributed by atoms with E-state index in [9.17, 15) is 0 Å². The van der Waals surface area contributed by atoms with Gasteiger partial charge in [-0.05, 0) is 48.2 Å². The zero-order valence-electron chi connectivity index (χ0n) is 14.5. The van der Waals surface area contributed by atoms with Gasteiger partial charge >= 0.3 is 0 Å². The van der Waals surface area contributed by atoms with E-state index in [4.69, 9.17) is 5.73 Å². The molecule has 0 saturated heterocycles. The normalized spacial score (nSPS) is 10.5. The summed E-state index contributed by atoms with van der Waals surface area (Å²) >= 11 is 0. The van der Waals surface area contributed by atoms with E-state index in [1.54, 1.807) is 0 Å². The molecule has 0 radical (unpaired) electrons. The first-order chi connectivity index (χ1) is 12.2. The van der Waals surface area contributed by atoms with Crippen LogP contribution in [0.5, 0.6) is 0 Å². The van der Waals surface area contributed by atoms with Crippen molar-refractivity contribution in [2.24, 2.45) is 0 Å². The molecule has 4 N–H and O–H groups in total. The minimum atomic E-state index is 0.162. The highest BCUT2D eigenvalue weighted by atomic mass is 15.2. The Morgan fingerprint density at radius 2 is 1.08 bits per heavy atom. The highest BCUT2D eigenvalue weighted by molar-refractivity contribution is 5.59. The Labute approximate surface area is 147 Å². The van der Waals surface area contributed by atoms with Gasteiger partial charge in [-0.15, -0.1) is 0 Å². The molecule has 6 nitrogen and oxygen atoms in total. The number of nitrogen functional groups attached to an aromatic ring is 1.